The van der Waals surface area contributed by atoms with Gasteiger partial charge in [-0.25, -0.2) is 9.97 Å². The lowest BCUT2D eigenvalue weighted by Crippen LogP contribution is -2.45. The molecule has 0 amide bonds. The summed E-state index contributed by atoms with van der Waals surface area (Å²) in [5, 5.41) is 12.2. The highest BCUT2D eigenvalue weighted by molar-refractivity contribution is 5.81. The number of morpholine rings is 1. The predicted molar refractivity (Wildman–Crippen MR) is 144 cm³/mol. The number of aromatic nitrogens is 4. The fourth-order valence-corrected chi connectivity index (χ4v) is 4.75. The van der Waals surface area contributed by atoms with Gasteiger partial charge in [0.2, 0.25) is 5.95 Å². The van der Waals surface area contributed by atoms with Crippen molar-refractivity contribution in [2.45, 2.75) is 45.2 Å². The highest BCUT2D eigenvalue weighted by Crippen LogP contribution is 2.36. The lowest BCUT2D eigenvalue weighted by Gasteiger charge is -2.36. The Morgan fingerprint density at radius 2 is 1.69 bits per heavy atom. The van der Waals surface area contributed by atoms with Gasteiger partial charge in [0.05, 0.1) is 29.5 Å². The minimum atomic E-state index is -4.48. The molecule has 1 N–H and O–H groups in total. The van der Waals surface area contributed by atoms with E-state index in [-0.39, 0.29) is 18.2 Å². The Labute approximate surface area is 225 Å². The van der Waals surface area contributed by atoms with Crippen molar-refractivity contribution in [3.8, 4) is 22.5 Å². The van der Waals surface area contributed by atoms with Crippen LogP contribution in [0.1, 0.15) is 37.9 Å². The highest BCUT2D eigenvalue weighted by atomic mass is 19.4. The Morgan fingerprint density at radius 1 is 0.949 bits per heavy atom. The van der Waals surface area contributed by atoms with Crippen LogP contribution in [0.5, 0.6) is 0 Å². The van der Waals surface area contributed by atoms with Crippen LogP contribution in [0, 0.1) is 0 Å². The molecule has 3 atom stereocenters. The number of benzene rings is 2. The fourth-order valence-electron chi connectivity index (χ4n) is 4.75. The Balaban J connectivity index is 1.57. The van der Waals surface area contributed by atoms with E-state index < -0.39 is 11.7 Å². The third kappa shape index (κ3) is 6.17. The van der Waals surface area contributed by atoms with Gasteiger partial charge in [-0.15, -0.1) is 10.2 Å². The second kappa shape index (κ2) is 11.0. The van der Waals surface area contributed by atoms with E-state index in [1.807, 2.05) is 57.2 Å². The van der Waals surface area contributed by atoms with Crippen LogP contribution in [0.4, 0.5) is 24.9 Å². The van der Waals surface area contributed by atoms with Crippen LogP contribution in [-0.2, 0) is 10.9 Å². The van der Waals surface area contributed by atoms with Gasteiger partial charge in [0, 0.05) is 30.4 Å². The maximum atomic E-state index is 13.5. The summed E-state index contributed by atoms with van der Waals surface area (Å²) in [6, 6.07) is 18.5. The number of rotatable bonds is 6. The van der Waals surface area contributed by atoms with Crippen LogP contribution in [0.15, 0.2) is 72.9 Å². The summed E-state index contributed by atoms with van der Waals surface area (Å²) in [7, 11) is 0. The van der Waals surface area contributed by atoms with Gasteiger partial charge in [-0.3, -0.25) is 0 Å². The molecule has 1 saturated heterocycles. The van der Waals surface area contributed by atoms with E-state index >= 15 is 0 Å². The molecule has 2 aromatic heterocycles. The number of alkyl halides is 3. The fraction of sp³-hybridized carbons (Fsp3) is 0.310. The van der Waals surface area contributed by atoms with Gasteiger partial charge in [-0.1, -0.05) is 42.5 Å². The van der Waals surface area contributed by atoms with Crippen LogP contribution < -0.4 is 10.2 Å². The number of hydrogen-bond donors (Lipinski definition) is 1. The lowest BCUT2D eigenvalue weighted by atomic mass is 10.0. The number of anilines is 2. The van der Waals surface area contributed by atoms with E-state index in [2.05, 4.69) is 25.4 Å². The van der Waals surface area contributed by atoms with Gasteiger partial charge in [0.15, 0.2) is 5.82 Å². The number of hydrogen-bond acceptors (Lipinski definition) is 7. The Bertz CT molecular complexity index is 1420. The van der Waals surface area contributed by atoms with Gasteiger partial charge in [0.25, 0.3) is 0 Å². The molecular weight excluding hydrogens is 505 g/mol. The molecule has 5 rings (SSSR count). The molecule has 0 radical (unpaired) electrons. The predicted octanol–water partition coefficient (Wildman–Crippen LogP) is 6.41. The first-order valence-electron chi connectivity index (χ1n) is 12.8. The summed E-state index contributed by atoms with van der Waals surface area (Å²) in [6.45, 7) is 7.22. The number of halogens is 3. The quantitative estimate of drug-likeness (QED) is 0.307. The van der Waals surface area contributed by atoms with Gasteiger partial charge in [-0.2, -0.15) is 13.2 Å². The molecule has 1 aliphatic heterocycles. The van der Waals surface area contributed by atoms with Crippen molar-refractivity contribution >= 4 is 11.8 Å². The molecule has 10 heteroatoms. The van der Waals surface area contributed by atoms with Gasteiger partial charge in [0.1, 0.15) is 5.69 Å². The second-order valence-electron chi connectivity index (χ2n) is 9.75. The first-order valence-corrected chi connectivity index (χ1v) is 12.8. The average Bonchev–Trinajstić information content (AvgIpc) is 2.92. The average molecular weight is 535 g/mol. The molecule has 2 aromatic carbocycles. The molecule has 7 nitrogen and oxygen atoms in total. The topological polar surface area (TPSA) is 76.1 Å². The summed E-state index contributed by atoms with van der Waals surface area (Å²) in [5.74, 6) is 0.999. The first-order chi connectivity index (χ1) is 18.7. The van der Waals surface area contributed by atoms with Gasteiger partial charge in [-0.05, 0) is 50.6 Å². The van der Waals surface area contributed by atoms with E-state index in [1.54, 1.807) is 18.3 Å². The van der Waals surface area contributed by atoms with Crippen LogP contribution in [0.25, 0.3) is 22.5 Å². The summed E-state index contributed by atoms with van der Waals surface area (Å²) in [5.41, 5.74) is 2.00. The van der Waals surface area contributed by atoms with Crippen molar-refractivity contribution < 1.29 is 17.9 Å². The lowest BCUT2D eigenvalue weighted by molar-refractivity contribution is -0.137. The Hall–Kier alpha value is -4.05. The normalized spacial score (nSPS) is 18.6. The zero-order valence-corrected chi connectivity index (χ0v) is 21.9. The van der Waals surface area contributed by atoms with Crippen molar-refractivity contribution in [3.63, 3.8) is 0 Å². The molecule has 0 spiro atoms. The number of ether oxygens (including phenoxy) is 1. The minimum Gasteiger partial charge on any atom is -0.372 e. The third-order valence-corrected chi connectivity index (χ3v) is 6.56. The molecule has 0 aliphatic carbocycles. The molecule has 1 aliphatic rings. The van der Waals surface area contributed by atoms with Gasteiger partial charge >= 0.3 is 6.18 Å². The van der Waals surface area contributed by atoms with Crippen molar-refractivity contribution in [3.05, 3.63) is 84.1 Å². The van der Waals surface area contributed by atoms with Gasteiger partial charge < -0.3 is 15.0 Å². The maximum absolute atomic E-state index is 13.5. The van der Waals surface area contributed by atoms with E-state index in [1.165, 1.54) is 6.07 Å². The van der Waals surface area contributed by atoms with Crippen molar-refractivity contribution in [2.75, 3.05) is 23.3 Å². The maximum Gasteiger partial charge on any atom is 0.416 e. The Kier molecular flexibility index (Phi) is 7.47. The second-order valence-corrected chi connectivity index (χ2v) is 9.75. The van der Waals surface area contributed by atoms with Crippen LogP contribution in [0.2, 0.25) is 0 Å². The zero-order chi connectivity index (χ0) is 27.6. The van der Waals surface area contributed by atoms with Crippen molar-refractivity contribution in [1.29, 1.82) is 0 Å². The SMILES string of the molecule is CC1CN(c2cc(-c3ccnc(N[C@@H](C)c4ccccc4)n3)c(-c3cccc(C(F)(F)F)c3)nn2)CC(C)O1. The smallest absolute Gasteiger partial charge is 0.372 e. The zero-order valence-electron chi connectivity index (χ0n) is 21.9. The number of nitrogens with one attached hydrogen (secondary N) is 1. The van der Waals surface area contributed by atoms with Crippen LogP contribution in [0.3, 0.4) is 0 Å². The largest absolute Gasteiger partial charge is 0.416 e. The molecule has 0 saturated carbocycles. The van der Waals surface area contributed by atoms with E-state index in [9.17, 15) is 13.2 Å². The molecule has 1 fully saturated rings. The van der Waals surface area contributed by atoms with Crippen LogP contribution in [-0.4, -0.2) is 45.5 Å². The first kappa shape index (κ1) is 26.6. The summed E-state index contributed by atoms with van der Waals surface area (Å²) in [6.07, 6.45) is -2.87. The minimum absolute atomic E-state index is 0.00327. The van der Waals surface area contributed by atoms with Crippen molar-refractivity contribution in [2.24, 2.45) is 0 Å². The molecule has 39 heavy (non-hydrogen) atoms. The standard InChI is InChI=1S/C29H29F3N6O/c1-18-16-38(17-19(2)39-18)26-15-24(27(37-36-26)22-10-7-11-23(14-22)29(30,31)32)25-12-13-33-28(35-25)34-20(3)21-8-5-4-6-9-21/h4-15,18-20H,16-17H2,1-3H3,(H,33,34,35)/t18?,19?,20-/m0/s1. The number of nitrogens with zero attached hydrogens (tertiary/aromatic N) is 5. The summed E-state index contributed by atoms with van der Waals surface area (Å²) < 4.78 is 46.4. The molecule has 0 bridgehead atoms. The summed E-state index contributed by atoms with van der Waals surface area (Å²) >= 11 is 0. The molecule has 202 valence electrons. The van der Waals surface area contributed by atoms with E-state index in [0.29, 0.717) is 47.4 Å². The summed E-state index contributed by atoms with van der Waals surface area (Å²) in [4.78, 5) is 11.2. The van der Waals surface area contributed by atoms with Crippen molar-refractivity contribution in [1.82, 2.24) is 20.2 Å². The molecule has 3 heterocycles. The molecule has 2 unspecified atom stereocenters. The molecular formula is C29H29F3N6O. The monoisotopic (exact) mass is 534 g/mol. The van der Waals surface area contributed by atoms with E-state index in [0.717, 1.165) is 17.7 Å². The van der Waals surface area contributed by atoms with Crippen LogP contribution >= 0.6 is 0 Å². The van der Waals surface area contributed by atoms with E-state index in [4.69, 9.17) is 9.72 Å². The molecule has 4 aromatic rings. The third-order valence-electron chi connectivity index (χ3n) is 6.56. The highest BCUT2D eigenvalue weighted by Gasteiger charge is 2.31. The Morgan fingerprint density at radius 3 is 2.41 bits per heavy atom.